The van der Waals surface area contributed by atoms with Gasteiger partial charge in [0.15, 0.2) is 17.3 Å². The van der Waals surface area contributed by atoms with E-state index in [1.807, 2.05) is 13.8 Å². The third-order valence-corrected chi connectivity index (χ3v) is 5.75. The summed E-state index contributed by atoms with van der Waals surface area (Å²) < 4.78 is 22.0. The number of unbranched alkanes of at least 4 members (excludes halogenated alkanes) is 1. The second-order valence-electron chi connectivity index (χ2n) is 7.71. The molecule has 0 saturated carbocycles. The molecule has 0 radical (unpaired) electrons. The molecule has 2 aliphatic rings. The van der Waals surface area contributed by atoms with E-state index in [-0.39, 0.29) is 5.78 Å². The third kappa shape index (κ3) is 4.40. The smallest absolute Gasteiger partial charge is 0.336 e. The molecular weight excluding hydrogens is 398 g/mol. The number of rotatable bonds is 8. The summed E-state index contributed by atoms with van der Waals surface area (Å²) >= 11 is 0. The van der Waals surface area contributed by atoms with E-state index in [9.17, 15) is 9.59 Å². The Kier molecular flexibility index (Phi) is 7.25. The number of carbonyl (C=O) groups excluding carboxylic acids is 2. The Morgan fingerprint density at radius 1 is 1.10 bits per heavy atom. The molecule has 1 aromatic carbocycles. The molecule has 0 spiro atoms. The zero-order valence-electron chi connectivity index (χ0n) is 18.9. The summed E-state index contributed by atoms with van der Waals surface area (Å²) in [6, 6.07) is 3.60. The molecule has 1 atom stereocenters. The number of esters is 1. The van der Waals surface area contributed by atoms with Crippen LogP contribution in [0.15, 0.2) is 34.7 Å². The molecule has 0 aromatic heterocycles. The van der Waals surface area contributed by atoms with E-state index in [1.54, 1.807) is 26.4 Å². The number of Topliss-reactive ketones (excluding diaryl/α,β-unsaturated/α-hetero) is 1. The molecule has 0 unspecified atom stereocenters. The van der Waals surface area contributed by atoms with E-state index in [4.69, 9.17) is 18.9 Å². The predicted molar refractivity (Wildman–Crippen MR) is 116 cm³/mol. The Morgan fingerprint density at radius 3 is 2.35 bits per heavy atom. The van der Waals surface area contributed by atoms with Crippen LogP contribution in [-0.4, -0.2) is 39.7 Å². The maximum atomic E-state index is 13.1. The molecule has 168 valence electrons. The molecule has 0 saturated heterocycles. The van der Waals surface area contributed by atoms with Crippen molar-refractivity contribution >= 4 is 11.8 Å². The quantitative estimate of drug-likeness (QED) is 0.493. The SMILES string of the molecule is CCCCOC(=O)C1=C(C)NC2=C(C(=O)CCC2)[C@@H]1c1cc(OC)c(OC)c(OC)c1. The van der Waals surface area contributed by atoms with Gasteiger partial charge in [-0.2, -0.15) is 0 Å². The summed E-state index contributed by atoms with van der Waals surface area (Å²) in [7, 11) is 4.62. The van der Waals surface area contributed by atoms with E-state index in [0.717, 1.165) is 36.9 Å². The first-order valence-electron chi connectivity index (χ1n) is 10.7. The zero-order valence-corrected chi connectivity index (χ0v) is 18.9. The van der Waals surface area contributed by atoms with Crippen molar-refractivity contribution in [2.45, 2.75) is 51.9 Å². The minimum absolute atomic E-state index is 0.0406. The van der Waals surface area contributed by atoms with Gasteiger partial charge >= 0.3 is 5.97 Å². The van der Waals surface area contributed by atoms with Crippen molar-refractivity contribution < 1.29 is 28.5 Å². The lowest BCUT2D eigenvalue weighted by atomic mass is 9.75. The highest BCUT2D eigenvalue weighted by molar-refractivity contribution is 6.03. The molecule has 7 nitrogen and oxygen atoms in total. The van der Waals surface area contributed by atoms with E-state index in [0.29, 0.717) is 47.1 Å². The molecule has 7 heteroatoms. The highest BCUT2D eigenvalue weighted by atomic mass is 16.5. The van der Waals surface area contributed by atoms with Gasteiger partial charge in [-0.3, -0.25) is 4.79 Å². The number of benzene rings is 1. The van der Waals surface area contributed by atoms with Crippen LogP contribution in [0.25, 0.3) is 0 Å². The van der Waals surface area contributed by atoms with Crippen molar-refractivity contribution in [3.8, 4) is 17.2 Å². The molecule has 1 N–H and O–H groups in total. The monoisotopic (exact) mass is 429 g/mol. The van der Waals surface area contributed by atoms with E-state index in [2.05, 4.69) is 5.32 Å². The molecule has 3 rings (SSSR count). The minimum atomic E-state index is -0.563. The number of dihydropyridines is 1. The number of carbonyl (C=O) groups is 2. The summed E-state index contributed by atoms with van der Waals surface area (Å²) in [5.74, 6) is 0.460. The van der Waals surface area contributed by atoms with Crippen LogP contribution in [0.4, 0.5) is 0 Å². The van der Waals surface area contributed by atoms with Crippen LogP contribution in [0.2, 0.25) is 0 Å². The average Bonchev–Trinajstić information content (AvgIpc) is 2.77. The molecule has 1 aromatic rings. The standard InChI is InChI=1S/C24H31NO6/c1-6-7-11-31-24(27)20-14(2)25-16-9-8-10-17(26)22(16)21(20)15-12-18(28-3)23(30-5)19(13-15)29-4/h12-13,21,25H,6-11H2,1-5H3/t21-/m1/s1. The Morgan fingerprint density at radius 2 is 1.77 bits per heavy atom. The van der Waals surface area contributed by atoms with Crippen LogP contribution in [-0.2, 0) is 14.3 Å². The van der Waals surface area contributed by atoms with Crippen LogP contribution >= 0.6 is 0 Å². The first kappa shape index (κ1) is 22.7. The zero-order chi connectivity index (χ0) is 22.5. The Hall–Kier alpha value is -2.96. The molecular formula is C24H31NO6. The van der Waals surface area contributed by atoms with E-state index >= 15 is 0 Å². The lowest BCUT2D eigenvalue weighted by Crippen LogP contribution is -2.34. The lowest BCUT2D eigenvalue weighted by molar-refractivity contribution is -0.139. The van der Waals surface area contributed by atoms with Crippen LogP contribution in [0.1, 0.15) is 57.4 Å². The summed E-state index contributed by atoms with van der Waals surface area (Å²) in [5.41, 5.74) is 3.36. The second kappa shape index (κ2) is 9.90. The molecule has 1 heterocycles. The molecule has 0 bridgehead atoms. The van der Waals surface area contributed by atoms with Gasteiger partial charge in [0.05, 0.1) is 33.5 Å². The van der Waals surface area contributed by atoms with Gasteiger partial charge in [-0.1, -0.05) is 13.3 Å². The van der Waals surface area contributed by atoms with Gasteiger partial charge in [-0.25, -0.2) is 4.79 Å². The van der Waals surface area contributed by atoms with E-state index < -0.39 is 11.9 Å². The van der Waals surface area contributed by atoms with Crippen molar-refractivity contribution in [3.05, 3.63) is 40.2 Å². The van der Waals surface area contributed by atoms with Crippen molar-refractivity contribution in [1.29, 1.82) is 0 Å². The summed E-state index contributed by atoms with van der Waals surface area (Å²) in [5, 5.41) is 3.30. The van der Waals surface area contributed by atoms with Crippen molar-refractivity contribution in [1.82, 2.24) is 5.32 Å². The number of ketones is 1. The first-order chi connectivity index (χ1) is 15.0. The molecule has 1 aliphatic heterocycles. The number of ether oxygens (including phenoxy) is 4. The summed E-state index contributed by atoms with van der Waals surface area (Å²) in [6.07, 6.45) is 3.72. The number of hydrogen-bond donors (Lipinski definition) is 1. The number of nitrogens with one attached hydrogen (secondary N) is 1. The fourth-order valence-electron chi connectivity index (χ4n) is 4.24. The lowest BCUT2D eigenvalue weighted by Gasteiger charge is -2.34. The van der Waals surface area contributed by atoms with Gasteiger partial charge in [0, 0.05) is 29.3 Å². The second-order valence-corrected chi connectivity index (χ2v) is 7.71. The highest BCUT2D eigenvalue weighted by Gasteiger charge is 2.39. The van der Waals surface area contributed by atoms with Gasteiger partial charge in [0.1, 0.15) is 0 Å². The number of allylic oxidation sites excluding steroid dienone is 3. The molecule has 0 fully saturated rings. The van der Waals surface area contributed by atoms with E-state index in [1.165, 1.54) is 7.11 Å². The van der Waals surface area contributed by atoms with Crippen molar-refractivity contribution in [2.24, 2.45) is 0 Å². The van der Waals surface area contributed by atoms with Crippen LogP contribution in [0, 0.1) is 0 Å². The normalized spacial score (nSPS) is 18.4. The maximum Gasteiger partial charge on any atom is 0.336 e. The van der Waals surface area contributed by atoms with Gasteiger partial charge in [0.2, 0.25) is 5.75 Å². The average molecular weight is 430 g/mol. The largest absolute Gasteiger partial charge is 0.493 e. The van der Waals surface area contributed by atoms with Gasteiger partial charge in [-0.05, 0) is 43.9 Å². The fourth-order valence-corrected chi connectivity index (χ4v) is 4.24. The predicted octanol–water partition coefficient (Wildman–Crippen LogP) is 4.02. The van der Waals surface area contributed by atoms with Gasteiger partial charge in [-0.15, -0.1) is 0 Å². The molecule has 0 amide bonds. The van der Waals surface area contributed by atoms with Crippen LogP contribution in [0.3, 0.4) is 0 Å². The Bertz CT molecular complexity index is 905. The first-order valence-corrected chi connectivity index (χ1v) is 10.7. The van der Waals surface area contributed by atoms with Crippen molar-refractivity contribution in [3.63, 3.8) is 0 Å². The highest BCUT2D eigenvalue weighted by Crippen LogP contribution is 2.47. The Balaban J connectivity index is 2.17. The fraction of sp³-hybridized carbons (Fsp3) is 0.500. The molecule has 31 heavy (non-hydrogen) atoms. The number of methoxy groups -OCH3 is 3. The Labute approximate surface area is 183 Å². The van der Waals surface area contributed by atoms with Crippen LogP contribution in [0.5, 0.6) is 17.2 Å². The molecule has 1 aliphatic carbocycles. The van der Waals surface area contributed by atoms with Gasteiger partial charge in [0.25, 0.3) is 0 Å². The third-order valence-electron chi connectivity index (χ3n) is 5.75. The summed E-state index contributed by atoms with van der Waals surface area (Å²) in [6.45, 7) is 4.23. The van der Waals surface area contributed by atoms with Crippen LogP contribution < -0.4 is 19.5 Å². The topological polar surface area (TPSA) is 83.1 Å². The van der Waals surface area contributed by atoms with Crippen molar-refractivity contribution in [2.75, 3.05) is 27.9 Å². The van der Waals surface area contributed by atoms with Gasteiger partial charge < -0.3 is 24.3 Å². The maximum absolute atomic E-state index is 13.1. The summed E-state index contributed by atoms with van der Waals surface area (Å²) in [4.78, 5) is 26.2. The minimum Gasteiger partial charge on any atom is -0.493 e. The number of hydrogen-bond acceptors (Lipinski definition) is 7.